The molecule has 0 aliphatic carbocycles. The van der Waals surface area contributed by atoms with Crippen molar-refractivity contribution in [1.82, 2.24) is 10.4 Å². The highest BCUT2D eigenvalue weighted by atomic mass is 32.1. The Morgan fingerprint density at radius 2 is 1.90 bits per heavy atom. The molecule has 4 rings (SSSR count). The number of thiophene rings is 1. The van der Waals surface area contributed by atoms with Gasteiger partial charge >= 0.3 is 5.97 Å². The molecule has 0 aliphatic rings. The van der Waals surface area contributed by atoms with Crippen LogP contribution in [-0.4, -0.2) is 30.2 Å². The van der Waals surface area contributed by atoms with Crippen molar-refractivity contribution in [1.29, 1.82) is 0 Å². The molecule has 0 atom stereocenters. The standard InChI is InChI=1S/C23H17N3O4S/c1-29-20-13-15(8-11-19(20)30-23(28)21-7-4-12-31-21)14-24-26-22(27)18-10-9-16-5-2-3-6-17(16)25-18/h2-14H,1H3,(H,26,27)/b24-14+. The predicted octanol–water partition coefficient (Wildman–Crippen LogP) is 4.29. The van der Waals surface area contributed by atoms with E-state index in [1.54, 1.807) is 41.8 Å². The van der Waals surface area contributed by atoms with Gasteiger partial charge < -0.3 is 9.47 Å². The van der Waals surface area contributed by atoms with Crippen LogP contribution in [0.2, 0.25) is 0 Å². The number of pyridine rings is 1. The van der Waals surface area contributed by atoms with Crippen molar-refractivity contribution in [2.45, 2.75) is 0 Å². The second-order valence-corrected chi connectivity index (χ2v) is 7.31. The third-order valence-corrected chi connectivity index (χ3v) is 5.17. The fraction of sp³-hybridized carbons (Fsp3) is 0.0435. The first-order chi connectivity index (χ1) is 15.1. The van der Waals surface area contributed by atoms with E-state index < -0.39 is 11.9 Å². The van der Waals surface area contributed by atoms with Gasteiger partial charge in [-0.05, 0) is 47.3 Å². The van der Waals surface area contributed by atoms with Gasteiger partial charge in [0.15, 0.2) is 11.5 Å². The molecular formula is C23H17N3O4S. The summed E-state index contributed by atoms with van der Waals surface area (Å²) in [5.41, 5.74) is 4.11. The second kappa shape index (κ2) is 9.19. The van der Waals surface area contributed by atoms with Crippen LogP contribution in [0.3, 0.4) is 0 Å². The van der Waals surface area contributed by atoms with Crippen LogP contribution in [0.15, 0.2) is 77.2 Å². The third-order valence-electron chi connectivity index (χ3n) is 4.32. The van der Waals surface area contributed by atoms with E-state index in [0.29, 0.717) is 21.9 Å². The highest BCUT2D eigenvalue weighted by Crippen LogP contribution is 2.28. The van der Waals surface area contributed by atoms with Crippen molar-refractivity contribution >= 4 is 40.3 Å². The zero-order valence-electron chi connectivity index (χ0n) is 16.4. The van der Waals surface area contributed by atoms with Gasteiger partial charge in [0, 0.05) is 5.39 Å². The maximum absolute atomic E-state index is 12.3. The SMILES string of the molecule is COc1cc(/C=N/NC(=O)c2ccc3ccccc3n2)ccc1OC(=O)c1cccs1. The summed E-state index contributed by atoms with van der Waals surface area (Å²) in [6.45, 7) is 0. The Morgan fingerprint density at radius 3 is 2.71 bits per heavy atom. The maximum Gasteiger partial charge on any atom is 0.353 e. The summed E-state index contributed by atoms with van der Waals surface area (Å²) in [5.74, 6) is -0.209. The largest absolute Gasteiger partial charge is 0.493 e. The number of rotatable bonds is 6. The van der Waals surface area contributed by atoms with E-state index in [1.807, 2.05) is 30.3 Å². The summed E-state index contributed by atoms with van der Waals surface area (Å²) >= 11 is 1.30. The molecule has 0 aliphatic heterocycles. The molecule has 0 saturated heterocycles. The van der Waals surface area contributed by atoms with Crippen LogP contribution < -0.4 is 14.9 Å². The van der Waals surface area contributed by atoms with Gasteiger partial charge in [0.1, 0.15) is 10.6 Å². The van der Waals surface area contributed by atoms with Crippen LogP contribution in [0.4, 0.5) is 0 Å². The quantitative estimate of drug-likeness (QED) is 0.213. The molecule has 0 fully saturated rings. The Balaban J connectivity index is 1.43. The van der Waals surface area contributed by atoms with Crippen molar-refractivity contribution in [3.8, 4) is 11.5 Å². The third kappa shape index (κ3) is 4.76. The summed E-state index contributed by atoms with van der Waals surface area (Å²) in [7, 11) is 1.48. The minimum Gasteiger partial charge on any atom is -0.493 e. The van der Waals surface area contributed by atoms with E-state index >= 15 is 0 Å². The Labute approximate surface area is 182 Å². The number of carbonyl (C=O) groups is 2. The van der Waals surface area contributed by atoms with Gasteiger partial charge in [-0.25, -0.2) is 15.2 Å². The number of aromatic nitrogens is 1. The van der Waals surface area contributed by atoms with E-state index in [0.717, 1.165) is 10.9 Å². The zero-order valence-corrected chi connectivity index (χ0v) is 17.3. The van der Waals surface area contributed by atoms with Gasteiger partial charge in [-0.15, -0.1) is 11.3 Å². The highest BCUT2D eigenvalue weighted by molar-refractivity contribution is 7.12. The van der Waals surface area contributed by atoms with Crippen LogP contribution in [0.1, 0.15) is 25.7 Å². The minimum atomic E-state index is -0.454. The number of para-hydroxylation sites is 1. The number of benzene rings is 2. The topological polar surface area (TPSA) is 89.9 Å². The van der Waals surface area contributed by atoms with Gasteiger partial charge in [0.2, 0.25) is 0 Å². The molecule has 0 bridgehead atoms. The van der Waals surface area contributed by atoms with Crippen molar-refractivity contribution in [3.63, 3.8) is 0 Å². The molecule has 0 saturated carbocycles. The number of ether oxygens (including phenoxy) is 2. The molecule has 4 aromatic rings. The molecule has 0 spiro atoms. The molecule has 0 unspecified atom stereocenters. The van der Waals surface area contributed by atoms with Crippen LogP contribution >= 0.6 is 11.3 Å². The summed E-state index contributed by atoms with van der Waals surface area (Å²) in [6, 6.07) is 19.5. The fourth-order valence-electron chi connectivity index (χ4n) is 2.81. The fourth-order valence-corrected chi connectivity index (χ4v) is 3.41. The molecule has 31 heavy (non-hydrogen) atoms. The number of hydrogen-bond donors (Lipinski definition) is 1. The zero-order chi connectivity index (χ0) is 21.6. The highest BCUT2D eigenvalue weighted by Gasteiger charge is 2.13. The molecule has 7 nitrogen and oxygen atoms in total. The number of esters is 1. The molecule has 1 amide bonds. The lowest BCUT2D eigenvalue weighted by molar-refractivity contribution is 0.0734. The monoisotopic (exact) mass is 431 g/mol. The summed E-state index contributed by atoms with van der Waals surface area (Å²) in [6.07, 6.45) is 1.46. The normalized spacial score (nSPS) is 10.9. The Morgan fingerprint density at radius 1 is 1.03 bits per heavy atom. The number of nitrogens with zero attached hydrogens (tertiary/aromatic N) is 2. The first-order valence-electron chi connectivity index (χ1n) is 9.27. The van der Waals surface area contributed by atoms with Gasteiger partial charge in [-0.2, -0.15) is 5.10 Å². The average Bonchev–Trinajstić information content (AvgIpc) is 3.34. The van der Waals surface area contributed by atoms with Gasteiger partial charge in [-0.3, -0.25) is 4.79 Å². The smallest absolute Gasteiger partial charge is 0.353 e. The van der Waals surface area contributed by atoms with Gasteiger partial charge in [-0.1, -0.05) is 30.3 Å². The Bertz CT molecular complexity index is 1270. The van der Waals surface area contributed by atoms with E-state index in [9.17, 15) is 9.59 Å². The van der Waals surface area contributed by atoms with Crippen LogP contribution in [-0.2, 0) is 0 Å². The van der Waals surface area contributed by atoms with Crippen molar-refractivity contribution in [2.75, 3.05) is 7.11 Å². The number of nitrogens with one attached hydrogen (secondary N) is 1. The number of carbonyl (C=O) groups excluding carboxylic acids is 2. The molecule has 8 heteroatoms. The minimum absolute atomic E-state index is 0.268. The van der Waals surface area contributed by atoms with E-state index in [-0.39, 0.29) is 5.69 Å². The molecule has 154 valence electrons. The van der Waals surface area contributed by atoms with Crippen LogP contribution in [0, 0.1) is 0 Å². The van der Waals surface area contributed by atoms with E-state index in [1.165, 1.54) is 24.7 Å². The molecule has 2 heterocycles. The summed E-state index contributed by atoms with van der Waals surface area (Å²) < 4.78 is 10.7. The van der Waals surface area contributed by atoms with E-state index in [4.69, 9.17) is 9.47 Å². The van der Waals surface area contributed by atoms with Crippen molar-refractivity contribution in [2.24, 2.45) is 5.10 Å². The van der Waals surface area contributed by atoms with Crippen molar-refractivity contribution < 1.29 is 19.1 Å². The number of hydrogen-bond acceptors (Lipinski definition) is 7. The lowest BCUT2D eigenvalue weighted by Crippen LogP contribution is -2.18. The molecule has 0 radical (unpaired) electrons. The first kappa shape index (κ1) is 20.2. The molecule has 1 N–H and O–H groups in total. The van der Waals surface area contributed by atoms with Gasteiger partial charge in [0.05, 0.1) is 18.8 Å². The molecule has 2 aromatic heterocycles. The number of hydrazone groups is 1. The number of amides is 1. The number of fused-ring (bicyclic) bond motifs is 1. The predicted molar refractivity (Wildman–Crippen MR) is 119 cm³/mol. The Hall–Kier alpha value is -4.04. The van der Waals surface area contributed by atoms with Crippen molar-refractivity contribution in [3.05, 3.63) is 88.2 Å². The van der Waals surface area contributed by atoms with Crippen LogP contribution in [0.25, 0.3) is 10.9 Å². The molecular weight excluding hydrogens is 414 g/mol. The summed E-state index contributed by atoms with van der Waals surface area (Å²) in [5, 5.41) is 6.73. The van der Waals surface area contributed by atoms with Crippen LogP contribution in [0.5, 0.6) is 11.5 Å². The lowest BCUT2D eigenvalue weighted by Gasteiger charge is -2.09. The summed E-state index contributed by atoms with van der Waals surface area (Å²) in [4.78, 5) is 29.3. The Kier molecular flexibility index (Phi) is 6.00. The molecule has 2 aromatic carbocycles. The second-order valence-electron chi connectivity index (χ2n) is 6.37. The van der Waals surface area contributed by atoms with Gasteiger partial charge in [0.25, 0.3) is 5.91 Å². The maximum atomic E-state index is 12.3. The van der Waals surface area contributed by atoms with E-state index in [2.05, 4.69) is 15.5 Å². The lowest BCUT2D eigenvalue weighted by atomic mass is 10.2. The average molecular weight is 431 g/mol. The number of methoxy groups -OCH3 is 1. The first-order valence-corrected chi connectivity index (χ1v) is 10.1.